The van der Waals surface area contributed by atoms with Gasteiger partial charge in [-0.25, -0.2) is 15.0 Å². The first-order valence-electron chi connectivity index (χ1n) is 5.37. The van der Waals surface area contributed by atoms with Crippen molar-refractivity contribution >= 4 is 22.8 Å². The van der Waals surface area contributed by atoms with Crippen LogP contribution in [0.3, 0.4) is 0 Å². The highest BCUT2D eigenvalue weighted by molar-refractivity contribution is 6.33. The summed E-state index contributed by atoms with van der Waals surface area (Å²) in [7, 11) is 0. The van der Waals surface area contributed by atoms with Gasteiger partial charge in [0.15, 0.2) is 10.8 Å². The zero-order valence-corrected chi connectivity index (χ0v) is 9.84. The highest BCUT2D eigenvalue weighted by Gasteiger charge is 2.26. The lowest BCUT2D eigenvalue weighted by molar-refractivity contribution is 0.0580. The van der Waals surface area contributed by atoms with Gasteiger partial charge in [0.1, 0.15) is 18.1 Å². The van der Waals surface area contributed by atoms with Gasteiger partial charge in [-0.3, -0.25) is 4.57 Å². The monoisotopic (exact) mass is 250 g/mol. The first-order chi connectivity index (χ1) is 8.29. The molecule has 0 radical (unpaired) electrons. The van der Waals surface area contributed by atoms with E-state index in [0.717, 1.165) is 6.42 Å². The Balaban J connectivity index is 2.01. The van der Waals surface area contributed by atoms with E-state index < -0.39 is 0 Å². The van der Waals surface area contributed by atoms with Gasteiger partial charge in [0.25, 0.3) is 0 Å². The fourth-order valence-corrected chi connectivity index (χ4v) is 2.20. The SMILES string of the molecule is C=C[C@@H]1CO[C@@H](n2cnc3c(Cl)ncnc32)C1. The van der Waals surface area contributed by atoms with Crippen LogP contribution >= 0.6 is 11.6 Å². The van der Waals surface area contributed by atoms with Crippen LogP contribution in [-0.2, 0) is 4.74 Å². The molecule has 88 valence electrons. The lowest BCUT2D eigenvalue weighted by atomic mass is 10.1. The van der Waals surface area contributed by atoms with Gasteiger partial charge in [-0.05, 0) is 0 Å². The molecule has 3 rings (SSSR count). The molecule has 1 aliphatic heterocycles. The Morgan fingerprint density at radius 3 is 3.12 bits per heavy atom. The van der Waals surface area contributed by atoms with E-state index in [-0.39, 0.29) is 6.23 Å². The normalized spacial score (nSPS) is 24.3. The molecule has 1 saturated heterocycles. The number of aromatic nitrogens is 4. The lowest BCUT2D eigenvalue weighted by Crippen LogP contribution is -2.06. The maximum atomic E-state index is 5.95. The minimum absolute atomic E-state index is 0.0473. The molecule has 17 heavy (non-hydrogen) atoms. The standard InChI is InChI=1S/C11H11ClN4O/c1-2-7-3-8(17-4-7)16-6-15-9-10(12)13-5-14-11(9)16/h2,5-8H,1,3-4H2/t7-,8+/m0/s1. The van der Waals surface area contributed by atoms with Gasteiger partial charge in [-0.2, -0.15) is 0 Å². The molecule has 0 N–H and O–H groups in total. The first kappa shape index (κ1) is 10.7. The number of ether oxygens (including phenoxy) is 1. The van der Waals surface area contributed by atoms with E-state index in [4.69, 9.17) is 16.3 Å². The fourth-order valence-electron chi connectivity index (χ4n) is 2.02. The van der Waals surface area contributed by atoms with Crippen molar-refractivity contribution in [2.75, 3.05) is 6.61 Å². The average Bonchev–Trinajstić information content (AvgIpc) is 2.94. The van der Waals surface area contributed by atoms with Gasteiger partial charge >= 0.3 is 0 Å². The van der Waals surface area contributed by atoms with E-state index in [1.54, 1.807) is 6.33 Å². The summed E-state index contributed by atoms with van der Waals surface area (Å²) in [4.78, 5) is 12.3. The molecule has 3 heterocycles. The van der Waals surface area contributed by atoms with Crippen molar-refractivity contribution in [3.63, 3.8) is 0 Å². The summed E-state index contributed by atoms with van der Waals surface area (Å²) in [5.74, 6) is 0.384. The van der Waals surface area contributed by atoms with E-state index >= 15 is 0 Å². The predicted octanol–water partition coefficient (Wildman–Crippen LogP) is 2.20. The second-order valence-electron chi connectivity index (χ2n) is 4.01. The molecule has 0 unspecified atom stereocenters. The minimum atomic E-state index is -0.0473. The molecule has 6 heteroatoms. The lowest BCUT2D eigenvalue weighted by Gasteiger charge is -2.11. The zero-order chi connectivity index (χ0) is 11.8. The molecule has 2 aromatic rings. The summed E-state index contributed by atoms with van der Waals surface area (Å²) in [6.07, 6.45) is 5.89. The van der Waals surface area contributed by atoms with Gasteiger partial charge in [-0.1, -0.05) is 17.7 Å². The van der Waals surface area contributed by atoms with Crippen molar-refractivity contribution in [1.82, 2.24) is 19.5 Å². The summed E-state index contributed by atoms with van der Waals surface area (Å²) in [6, 6.07) is 0. The molecule has 5 nitrogen and oxygen atoms in total. The molecule has 1 aliphatic rings. The molecule has 0 aliphatic carbocycles. The van der Waals surface area contributed by atoms with Crippen molar-refractivity contribution < 1.29 is 4.74 Å². The molecule has 0 bridgehead atoms. The van der Waals surface area contributed by atoms with Crippen molar-refractivity contribution in [3.05, 3.63) is 30.5 Å². The number of hydrogen-bond donors (Lipinski definition) is 0. The molecule has 2 aromatic heterocycles. The maximum Gasteiger partial charge on any atom is 0.166 e. The Morgan fingerprint density at radius 2 is 2.35 bits per heavy atom. The maximum absolute atomic E-state index is 5.95. The highest BCUT2D eigenvalue weighted by Crippen LogP contribution is 2.31. The van der Waals surface area contributed by atoms with Crippen LogP contribution in [0.2, 0.25) is 5.15 Å². The molecule has 0 aromatic carbocycles. The van der Waals surface area contributed by atoms with Gasteiger partial charge in [-0.15, -0.1) is 6.58 Å². The summed E-state index contributed by atoms with van der Waals surface area (Å²) >= 11 is 5.95. The third-order valence-electron chi connectivity index (χ3n) is 2.96. The van der Waals surface area contributed by atoms with Gasteiger partial charge in [0.05, 0.1) is 12.9 Å². The zero-order valence-electron chi connectivity index (χ0n) is 9.08. The topological polar surface area (TPSA) is 52.8 Å². The average molecular weight is 251 g/mol. The van der Waals surface area contributed by atoms with Crippen molar-refractivity contribution in [3.8, 4) is 0 Å². The van der Waals surface area contributed by atoms with Crippen LogP contribution in [0.1, 0.15) is 12.6 Å². The Labute approximate surface area is 103 Å². The van der Waals surface area contributed by atoms with E-state index in [2.05, 4.69) is 21.5 Å². The van der Waals surface area contributed by atoms with Crippen molar-refractivity contribution in [2.45, 2.75) is 12.6 Å². The molecule has 0 spiro atoms. The van der Waals surface area contributed by atoms with E-state index in [9.17, 15) is 0 Å². The van der Waals surface area contributed by atoms with Crippen molar-refractivity contribution in [1.29, 1.82) is 0 Å². The number of rotatable bonds is 2. The van der Waals surface area contributed by atoms with Gasteiger partial charge in [0, 0.05) is 12.3 Å². The number of halogens is 1. The van der Waals surface area contributed by atoms with Gasteiger partial charge in [0.2, 0.25) is 0 Å². The Bertz CT molecular complexity index is 568. The molecule has 0 amide bonds. The fraction of sp³-hybridized carbons (Fsp3) is 0.364. The van der Waals surface area contributed by atoms with Crippen LogP contribution in [0.4, 0.5) is 0 Å². The molecule has 0 saturated carbocycles. The Hall–Kier alpha value is -1.46. The summed E-state index contributed by atoms with van der Waals surface area (Å²) < 4.78 is 7.59. The van der Waals surface area contributed by atoms with Crippen LogP contribution in [0.25, 0.3) is 11.2 Å². The van der Waals surface area contributed by atoms with Crippen LogP contribution in [0.15, 0.2) is 25.3 Å². The van der Waals surface area contributed by atoms with E-state index in [1.165, 1.54) is 6.33 Å². The van der Waals surface area contributed by atoms with Crippen molar-refractivity contribution in [2.24, 2.45) is 5.92 Å². The molecular weight excluding hydrogens is 240 g/mol. The third-order valence-corrected chi connectivity index (χ3v) is 3.24. The highest BCUT2D eigenvalue weighted by atomic mass is 35.5. The number of imidazole rings is 1. The Kier molecular flexibility index (Phi) is 2.57. The number of hydrogen-bond acceptors (Lipinski definition) is 4. The summed E-state index contributed by atoms with van der Waals surface area (Å²) in [6.45, 7) is 4.47. The third kappa shape index (κ3) is 1.71. The molecule has 2 atom stereocenters. The molecular formula is C11H11ClN4O. The second-order valence-corrected chi connectivity index (χ2v) is 4.37. The van der Waals surface area contributed by atoms with E-state index in [0.29, 0.717) is 28.8 Å². The Morgan fingerprint density at radius 1 is 1.47 bits per heavy atom. The second kappa shape index (κ2) is 4.09. The quantitative estimate of drug-likeness (QED) is 0.606. The van der Waals surface area contributed by atoms with E-state index in [1.807, 2.05) is 10.6 Å². The van der Waals surface area contributed by atoms with Crippen LogP contribution in [-0.4, -0.2) is 26.1 Å². The van der Waals surface area contributed by atoms with Crippen LogP contribution < -0.4 is 0 Å². The summed E-state index contributed by atoms with van der Waals surface area (Å²) in [5, 5.41) is 0.368. The van der Waals surface area contributed by atoms with Crippen LogP contribution in [0, 0.1) is 5.92 Å². The van der Waals surface area contributed by atoms with Gasteiger partial charge < -0.3 is 4.74 Å². The molecule has 1 fully saturated rings. The minimum Gasteiger partial charge on any atom is -0.357 e. The first-order valence-corrected chi connectivity index (χ1v) is 5.74. The number of fused-ring (bicyclic) bond motifs is 1. The van der Waals surface area contributed by atoms with Crippen LogP contribution in [0.5, 0.6) is 0 Å². The summed E-state index contributed by atoms with van der Waals surface area (Å²) in [5.41, 5.74) is 1.32. The smallest absolute Gasteiger partial charge is 0.166 e. The predicted molar refractivity (Wildman–Crippen MR) is 63.6 cm³/mol. The largest absolute Gasteiger partial charge is 0.357 e. The number of nitrogens with zero attached hydrogens (tertiary/aromatic N) is 4.